The van der Waals surface area contributed by atoms with Crippen LogP contribution in [0.4, 0.5) is 4.79 Å². The Morgan fingerprint density at radius 3 is 2.03 bits per heavy atom. The highest BCUT2D eigenvalue weighted by molar-refractivity contribution is 6.00. The molecule has 3 aromatic rings. The molecule has 0 aliphatic rings. The summed E-state index contributed by atoms with van der Waals surface area (Å²) >= 11 is 0. The van der Waals surface area contributed by atoms with E-state index < -0.39 is 17.7 Å². The smallest absolute Gasteiger partial charge is 0.419 e. The van der Waals surface area contributed by atoms with Gasteiger partial charge in [0, 0.05) is 5.39 Å². The molecule has 5 heteroatoms. The molecule has 0 saturated carbocycles. The Balaban J connectivity index is 2.21. The van der Waals surface area contributed by atoms with E-state index in [0.29, 0.717) is 16.8 Å². The van der Waals surface area contributed by atoms with Crippen LogP contribution in [-0.2, 0) is 14.9 Å². The topological polar surface area (TPSA) is 57.5 Å². The third kappa shape index (κ3) is 4.40. The van der Waals surface area contributed by atoms with E-state index in [4.69, 9.17) is 9.47 Å². The van der Waals surface area contributed by atoms with Crippen LogP contribution < -0.4 is 0 Å². The standard InChI is InChI=1S/C25H29NO4/c1-24(2,3)19-12-10-16(11-13-19)20-14-17-8-9-18(22(27)29-7)15-21(17)26(20)23(28)30-25(4,5)6/h8-15H,1-7H3. The molecule has 0 amide bonds. The summed E-state index contributed by atoms with van der Waals surface area (Å²) in [5.74, 6) is -0.454. The number of aromatic nitrogens is 1. The minimum absolute atomic E-state index is 0.0335. The lowest BCUT2D eigenvalue weighted by Crippen LogP contribution is -2.27. The van der Waals surface area contributed by atoms with Gasteiger partial charge in [-0.3, -0.25) is 0 Å². The molecule has 0 atom stereocenters. The van der Waals surface area contributed by atoms with Gasteiger partial charge in [-0.1, -0.05) is 51.1 Å². The molecule has 0 bridgehead atoms. The maximum Gasteiger partial charge on any atom is 0.419 e. The van der Waals surface area contributed by atoms with Crippen molar-refractivity contribution in [3.05, 3.63) is 59.7 Å². The number of ether oxygens (including phenoxy) is 2. The first-order chi connectivity index (χ1) is 13.9. The first-order valence-electron chi connectivity index (χ1n) is 9.99. The SMILES string of the molecule is COC(=O)c1ccc2cc(-c3ccc(C(C)(C)C)cc3)n(C(=O)OC(C)(C)C)c2c1. The highest BCUT2D eigenvalue weighted by Crippen LogP contribution is 2.32. The number of nitrogens with zero attached hydrogens (tertiary/aromatic N) is 1. The second-order valence-electron chi connectivity index (χ2n) is 9.44. The maximum absolute atomic E-state index is 13.1. The predicted molar refractivity (Wildman–Crippen MR) is 119 cm³/mol. The summed E-state index contributed by atoms with van der Waals surface area (Å²) < 4.78 is 12.0. The van der Waals surface area contributed by atoms with Crippen molar-refractivity contribution in [3.8, 4) is 11.3 Å². The molecule has 5 nitrogen and oxygen atoms in total. The molecule has 0 N–H and O–H groups in total. The van der Waals surface area contributed by atoms with Gasteiger partial charge in [0.2, 0.25) is 0 Å². The molecule has 0 radical (unpaired) electrons. The molecule has 0 spiro atoms. The lowest BCUT2D eigenvalue weighted by molar-refractivity contribution is 0.0544. The lowest BCUT2D eigenvalue weighted by atomic mass is 9.86. The number of hydrogen-bond donors (Lipinski definition) is 0. The largest absolute Gasteiger partial charge is 0.465 e. The van der Waals surface area contributed by atoms with Crippen LogP contribution in [0.2, 0.25) is 0 Å². The average molecular weight is 408 g/mol. The van der Waals surface area contributed by atoms with Gasteiger partial charge in [0.1, 0.15) is 5.60 Å². The Kier molecular flexibility index (Phi) is 5.50. The van der Waals surface area contributed by atoms with Gasteiger partial charge in [-0.2, -0.15) is 0 Å². The van der Waals surface area contributed by atoms with Gasteiger partial charge in [0.25, 0.3) is 0 Å². The van der Waals surface area contributed by atoms with Gasteiger partial charge in [0.05, 0.1) is 23.9 Å². The molecule has 0 aliphatic heterocycles. The van der Waals surface area contributed by atoms with Crippen LogP contribution in [0.15, 0.2) is 48.5 Å². The fourth-order valence-electron chi connectivity index (χ4n) is 3.30. The molecule has 1 heterocycles. The van der Waals surface area contributed by atoms with Crippen LogP contribution >= 0.6 is 0 Å². The summed E-state index contributed by atoms with van der Waals surface area (Å²) in [7, 11) is 1.33. The lowest BCUT2D eigenvalue weighted by Gasteiger charge is -2.21. The van der Waals surface area contributed by atoms with Gasteiger partial charge in [0.15, 0.2) is 0 Å². The summed E-state index contributed by atoms with van der Waals surface area (Å²) in [6.07, 6.45) is -0.491. The van der Waals surface area contributed by atoms with Crippen molar-refractivity contribution in [2.24, 2.45) is 0 Å². The summed E-state index contributed by atoms with van der Waals surface area (Å²) in [6, 6.07) is 15.3. The van der Waals surface area contributed by atoms with E-state index in [0.717, 1.165) is 10.9 Å². The summed E-state index contributed by atoms with van der Waals surface area (Å²) in [6.45, 7) is 12.0. The van der Waals surface area contributed by atoms with Gasteiger partial charge in [-0.15, -0.1) is 0 Å². The third-order valence-corrected chi connectivity index (χ3v) is 4.85. The quantitative estimate of drug-likeness (QED) is 0.476. The maximum atomic E-state index is 13.1. The first kappa shape index (κ1) is 21.6. The highest BCUT2D eigenvalue weighted by atomic mass is 16.6. The summed E-state index contributed by atoms with van der Waals surface area (Å²) in [5.41, 5.74) is 3.17. The molecular weight excluding hydrogens is 378 g/mol. The second-order valence-corrected chi connectivity index (χ2v) is 9.44. The highest BCUT2D eigenvalue weighted by Gasteiger charge is 2.24. The number of hydrogen-bond acceptors (Lipinski definition) is 4. The van der Waals surface area contributed by atoms with Crippen molar-refractivity contribution in [1.29, 1.82) is 0 Å². The fraction of sp³-hybridized carbons (Fsp3) is 0.360. The number of esters is 1. The molecule has 30 heavy (non-hydrogen) atoms. The minimum Gasteiger partial charge on any atom is -0.465 e. The van der Waals surface area contributed by atoms with Crippen LogP contribution in [0, 0.1) is 0 Å². The van der Waals surface area contributed by atoms with Crippen molar-refractivity contribution >= 4 is 23.0 Å². The van der Waals surface area contributed by atoms with E-state index >= 15 is 0 Å². The molecule has 2 aromatic carbocycles. The molecule has 0 saturated heterocycles. The monoisotopic (exact) mass is 407 g/mol. The molecule has 1 aromatic heterocycles. The van der Waals surface area contributed by atoms with Gasteiger partial charge >= 0.3 is 12.1 Å². The van der Waals surface area contributed by atoms with Crippen LogP contribution in [0.1, 0.15) is 57.5 Å². The molecule has 0 unspecified atom stereocenters. The molecule has 0 fully saturated rings. The van der Waals surface area contributed by atoms with Crippen LogP contribution in [0.25, 0.3) is 22.2 Å². The minimum atomic E-state index is -0.652. The summed E-state index contributed by atoms with van der Waals surface area (Å²) in [4.78, 5) is 25.2. The zero-order chi connectivity index (χ0) is 22.3. The normalized spacial score (nSPS) is 12.1. The van der Waals surface area contributed by atoms with Crippen LogP contribution in [0.3, 0.4) is 0 Å². The van der Waals surface area contributed by atoms with Crippen molar-refractivity contribution in [1.82, 2.24) is 4.57 Å². The zero-order valence-electron chi connectivity index (χ0n) is 18.7. The molecular formula is C25H29NO4. The number of fused-ring (bicyclic) bond motifs is 1. The van der Waals surface area contributed by atoms with E-state index in [1.54, 1.807) is 12.1 Å². The Morgan fingerprint density at radius 2 is 1.50 bits per heavy atom. The Morgan fingerprint density at radius 1 is 0.867 bits per heavy atom. The van der Waals surface area contributed by atoms with Gasteiger partial charge in [-0.25, -0.2) is 14.2 Å². The Bertz CT molecular complexity index is 1090. The van der Waals surface area contributed by atoms with E-state index in [9.17, 15) is 9.59 Å². The van der Waals surface area contributed by atoms with Gasteiger partial charge < -0.3 is 9.47 Å². The predicted octanol–water partition coefficient (Wildman–Crippen LogP) is 6.18. The van der Waals surface area contributed by atoms with Crippen LogP contribution in [0.5, 0.6) is 0 Å². The fourth-order valence-corrected chi connectivity index (χ4v) is 3.30. The summed E-state index contributed by atoms with van der Waals surface area (Å²) in [5, 5.41) is 0.836. The van der Waals surface area contributed by atoms with E-state index in [1.165, 1.54) is 17.2 Å². The molecule has 158 valence electrons. The van der Waals surface area contributed by atoms with Crippen molar-refractivity contribution in [2.45, 2.75) is 52.6 Å². The number of carbonyl (C=O) groups excluding carboxylic acids is 2. The van der Waals surface area contributed by atoms with E-state index in [1.807, 2.05) is 45.0 Å². The molecule has 0 aliphatic carbocycles. The van der Waals surface area contributed by atoms with E-state index in [-0.39, 0.29) is 5.41 Å². The van der Waals surface area contributed by atoms with Gasteiger partial charge in [-0.05, 0) is 55.5 Å². The average Bonchev–Trinajstić information content (AvgIpc) is 3.04. The number of benzene rings is 2. The number of methoxy groups -OCH3 is 1. The van der Waals surface area contributed by atoms with E-state index in [2.05, 4.69) is 32.9 Å². The number of rotatable bonds is 2. The Hall–Kier alpha value is -3.08. The van der Waals surface area contributed by atoms with Crippen molar-refractivity contribution in [2.75, 3.05) is 7.11 Å². The molecule has 3 rings (SSSR count). The number of carbonyl (C=O) groups is 2. The second kappa shape index (κ2) is 7.63. The Labute approximate surface area is 177 Å². The van der Waals surface area contributed by atoms with Crippen molar-refractivity contribution < 1.29 is 19.1 Å². The third-order valence-electron chi connectivity index (χ3n) is 4.85. The van der Waals surface area contributed by atoms with Crippen molar-refractivity contribution in [3.63, 3.8) is 0 Å². The van der Waals surface area contributed by atoms with Crippen LogP contribution in [-0.4, -0.2) is 29.3 Å². The zero-order valence-corrected chi connectivity index (χ0v) is 18.7. The first-order valence-corrected chi connectivity index (χ1v) is 9.99.